The lowest BCUT2D eigenvalue weighted by Crippen LogP contribution is -2.30. The van der Waals surface area contributed by atoms with E-state index in [9.17, 15) is 19.7 Å². The fraction of sp³-hybridized carbons (Fsp3) is 0.222. The lowest BCUT2D eigenvalue weighted by molar-refractivity contribution is -0.384. The van der Waals surface area contributed by atoms with Gasteiger partial charge in [-0.05, 0) is 17.5 Å². The van der Waals surface area contributed by atoms with E-state index in [2.05, 4.69) is 0 Å². The maximum Gasteiger partial charge on any atom is 0.269 e. The van der Waals surface area contributed by atoms with Crippen LogP contribution in [0.5, 0.6) is 0 Å². The quantitative estimate of drug-likeness (QED) is 0.481. The van der Waals surface area contributed by atoms with Crippen molar-refractivity contribution in [2.75, 3.05) is 0 Å². The molecule has 1 aliphatic heterocycles. The predicted molar refractivity (Wildman–Crippen MR) is 86.9 cm³/mol. The summed E-state index contributed by atoms with van der Waals surface area (Å²) in [7, 11) is 0. The number of amides is 2. The maximum absolute atomic E-state index is 12.5. The van der Waals surface area contributed by atoms with Crippen LogP contribution >= 0.6 is 0 Å². The van der Waals surface area contributed by atoms with E-state index in [0.29, 0.717) is 12.0 Å². The van der Waals surface area contributed by atoms with Crippen LogP contribution in [0.4, 0.5) is 5.69 Å². The summed E-state index contributed by atoms with van der Waals surface area (Å²) in [6, 6.07) is 15.5. The average Bonchev–Trinajstić information content (AvgIpc) is 2.84. The maximum atomic E-state index is 12.5. The first kappa shape index (κ1) is 15.9. The Morgan fingerprint density at radius 2 is 1.67 bits per heavy atom. The number of likely N-dealkylation sites (tertiary alicyclic amines) is 1. The summed E-state index contributed by atoms with van der Waals surface area (Å²) in [6.07, 6.45) is 0.753. The number of hydrogen-bond donors (Lipinski definition) is 0. The number of imide groups is 1. The largest absolute Gasteiger partial charge is 0.278 e. The minimum atomic E-state index is -0.480. The van der Waals surface area contributed by atoms with Gasteiger partial charge in [0.25, 0.3) is 5.69 Å². The van der Waals surface area contributed by atoms with E-state index in [1.807, 2.05) is 30.3 Å². The van der Waals surface area contributed by atoms with Crippen molar-refractivity contribution in [2.45, 2.75) is 19.4 Å². The van der Waals surface area contributed by atoms with Gasteiger partial charge in [-0.15, -0.1) is 0 Å². The summed E-state index contributed by atoms with van der Waals surface area (Å²) >= 11 is 0. The van der Waals surface area contributed by atoms with Crippen LogP contribution in [0.15, 0.2) is 54.6 Å². The van der Waals surface area contributed by atoms with Crippen LogP contribution in [0, 0.1) is 16.0 Å². The molecule has 1 saturated heterocycles. The fourth-order valence-corrected chi connectivity index (χ4v) is 2.88. The van der Waals surface area contributed by atoms with Crippen molar-refractivity contribution in [1.82, 2.24) is 4.90 Å². The molecule has 1 unspecified atom stereocenters. The number of nitrogens with zero attached hydrogens (tertiary/aromatic N) is 2. The molecule has 24 heavy (non-hydrogen) atoms. The number of non-ortho nitro benzene ring substituents is 1. The summed E-state index contributed by atoms with van der Waals surface area (Å²) in [5.74, 6) is -0.709. The second-order valence-electron chi connectivity index (χ2n) is 5.83. The van der Waals surface area contributed by atoms with Crippen LogP contribution in [-0.2, 0) is 22.6 Å². The molecule has 1 aliphatic rings. The summed E-state index contributed by atoms with van der Waals surface area (Å²) in [4.78, 5) is 36.1. The molecule has 0 bridgehead atoms. The van der Waals surface area contributed by atoms with E-state index >= 15 is 0 Å². The average molecular weight is 324 g/mol. The third-order valence-electron chi connectivity index (χ3n) is 4.15. The predicted octanol–water partition coefficient (Wildman–Crippen LogP) is 2.71. The SMILES string of the molecule is O=C1CC(Cc2ccccc2)C(=O)N1Cc1ccc([N+](=O)[O-])cc1. The summed E-state index contributed by atoms with van der Waals surface area (Å²) in [5, 5.41) is 10.7. The Labute approximate surface area is 138 Å². The van der Waals surface area contributed by atoms with Crippen LogP contribution in [0.25, 0.3) is 0 Å². The standard InChI is InChI=1S/C18H16N2O4/c21-17-11-15(10-13-4-2-1-3-5-13)18(22)19(17)12-14-6-8-16(9-7-14)20(23)24/h1-9,15H,10-12H2. The number of carbonyl (C=O) groups is 2. The van der Waals surface area contributed by atoms with Crippen LogP contribution in [0.2, 0.25) is 0 Å². The second-order valence-corrected chi connectivity index (χ2v) is 5.83. The molecule has 1 fully saturated rings. The number of benzene rings is 2. The summed E-state index contributed by atoms with van der Waals surface area (Å²) < 4.78 is 0. The molecular weight excluding hydrogens is 308 g/mol. The van der Waals surface area contributed by atoms with Gasteiger partial charge in [0.1, 0.15) is 0 Å². The molecule has 2 aromatic rings. The third kappa shape index (κ3) is 3.32. The molecular formula is C18H16N2O4. The van der Waals surface area contributed by atoms with Gasteiger partial charge in [-0.1, -0.05) is 42.5 Å². The van der Waals surface area contributed by atoms with Gasteiger partial charge in [-0.3, -0.25) is 24.6 Å². The van der Waals surface area contributed by atoms with Crippen molar-refractivity contribution < 1.29 is 14.5 Å². The Morgan fingerprint density at radius 1 is 1.00 bits per heavy atom. The van der Waals surface area contributed by atoms with Crippen LogP contribution in [0.1, 0.15) is 17.5 Å². The number of carbonyl (C=O) groups excluding carboxylic acids is 2. The highest BCUT2D eigenvalue weighted by Crippen LogP contribution is 2.25. The summed E-state index contributed by atoms with van der Waals surface area (Å²) in [6.45, 7) is 0.154. The molecule has 6 heteroatoms. The van der Waals surface area contributed by atoms with Gasteiger partial charge in [0.05, 0.1) is 17.4 Å². The van der Waals surface area contributed by atoms with Crippen molar-refractivity contribution in [3.8, 4) is 0 Å². The lowest BCUT2D eigenvalue weighted by Gasteiger charge is -2.15. The van der Waals surface area contributed by atoms with Crippen LogP contribution in [0.3, 0.4) is 0 Å². The van der Waals surface area contributed by atoms with Gasteiger partial charge in [-0.2, -0.15) is 0 Å². The molecule has 122 valence electrons. The Morgan fingerprint density at radius 3 is 2.29 bits per heavy atom. The van der Waals surface area contributed by atoms with Crippen molar-refractivity contribution in [1.29, 1.82) is 0 Å². The second kappa shape index (κ2) is 6.62. The first-order valence-electron chi connectivity index (χ1n) is 7.66. The first-order valence-corrected chi connectivity index (χ1v) is 7.66. The monoisotopic (exact) mass is 324 g/mol. The van der Waals surface area contributed by atoms with Gasteiger partial charge in [0.2, 0.25) is 11.8 Å². The highest BCUT2D eigenvalue weighted by Gasteiger charge is 2.38. The Hall–Kier alpha value is -3.02. The number of hydrogen-bond acceptors (Lipinski definition) is 4. The number of nitro groups is 1. The Bertz CT molecular complexity index is 771. The van der Waals surface area contributed by atoms with Gasteiger partial charge >= 0.3 is 0 Å². The number of rotatable bonds is 5. The molecule has 0 N–H and O–H groups in total. The fourth-order valence-electron chi connectivity index (χ4n) is 2.88. The van der Waals surface area contributed by atoms with Crippen molar-refractivity contribution in [2.24, 2.45) is 5.92 Å². The van der Waals surface area contributed by atoms with E-state index in [1.54, 1.807) is 12.1 Å². The highest BCUT2D eigenvalue weighted by atomic mass is 16.6. The normalized spacial score (nSPS) is 17.3. The van der Waals surface area contributed by atoms with Crippen LogP contribution in [-0.4, -0.2) is 21.6 Å². The van der Waals surface area contributed by atoms with Crippen molar-refractivity contribution >= 4 is 17.5 Å². The molecule has 0 spiro atoms. The van der Waals surface area contributed by atoms with Gasteiger partial charge < -0.3 is 0 Å². The highest BCUT2D eigenvalue weighted by molar-refractivity contribution is 6.03. The molecule has 0 aromatic heterocycles. The smallest absolute Gasteiger partial charge is 0.269 e. The molecule has 1 heterocycles. The molecule has 3 rings (SSSR count). The van der Waals surface area contributed by atoms with Crippen molar-refractivity contribution in [3.63, 3.8) is 0 Å². The zero-order chi connectivity index (χ0) is 17.1. The van der Waals surface area contributed by atoms with Gasteiger partial charge in [-0.25, -0.2) is 0 Å². The van der Waals surface area contributed by atoms with Gasteiger partial charge in [0, 0.05) is 18.6 Å². The van der Waals surface area contributed by atoms with E-state index in [4.69, 9.17) is 0 Å². The Balaban J connectivity index is 1.69. The van der Waals surface area contributed by atoms with Gasteiger partial charge in [0.15, 0.2) is 0 Å². The van der Waals surface area contributed by atoms with E-state index in [1.165, 1.54) is 17.0 Å². The topological polar surface area (TPSA) is 80.5 Å². The molecule has 2 aromatic carbocycles. The van der Waals surface area contributed by atoms with Crippen LogP contribution < -0.4 is 0 Å². The minimum Gasteiger partial charge on any atom is -0.278 e. The zero-order valence-corrected chi connectivity index (χ0v) is 12.9. The first-order chi connectivity index (χ1) is 11.5. The summed E-state index contributed by atoms with van der Waals surface area (Å²) in [5.41, 5.74) is 1.71. The molecule has 0 saturated carbocycles. The van der Waals surface area contributed by atoms with Crippen molar-refractivity contribution in [3.05, 3.63) is 75.8 Å². The van der Waals surface area contributed by atoms with E-state index in [0.717, 1.165) is 5.56 Å². The molecule has 2 amide bonds. The molecule has 1 atom stereocenters. The number of nitro benzene ring substituents is 1. The van der Waals surface area contributed by atoms with E-state index in [-0.39, 0.29) is 36.4 Å². The zero-order valence-electron chi connectivity index (χ0n) is 12.9. The lowest BCUT2D eigenvalue weighted by atomic mass is 9.98. The molecule has 0 radical (unpaired) electrons. The molecule has 0 aliphatic carbocycles. The molecule has 6 nitrogen and oxygen atoms in total. The Kier molecular flexibility index (Phi) is 4.37. The minimum absolute atomic E-state index is 0.0141. The third-order valence-corrected chi connectivity index (χ3v) is 4.15. The van der Waals surface area contributed by atoms with E-state index < -0.39 is 4.92 Å².